The van der Waals surface area contributed by atoms with Crippen LogP contribution in [0, 0.1) is 13.8 Å². The van der Waals surface area contributed by atoms with Crippen LogP contribution in [0.5, 0.6) is 0 Å². The van der Waals surface area contributed by atoms with E-state index < -0.39 is 0 Å². The molecule has 0 spiro atoms. The van der Waals surface area contributed by atoms with Crippen molar-refractivity contribution in [1.29, 1.82) is 0 Å². The van der Waals surface area contributed by atoms with E-state index in [4.69, 9.17) is 0 Å². The zero-order valence-electron chi connectivity index (χ0n) is 13.5. The van der Waals surface area contributed by atoms with E-state index in [1.165, 1.54) is 5.57 Å². The van der Waals surface area contributed by atoms with Crippen molar-refractivity contribution < 1.29 is 4.79 Å². The van der Waals surface area contributed by atoms with Crippen molar-refractivity contribution in [2.75, 3.05) is 19.6 Å². The first-order valence-electron chi connectivity index (χ1n) is 7.80. The van der Waals surface area contributed by atoms with E-state index in [-0.39, 0.29) is 5.91 Å². The number of nitrogens with one attached hydrogen (secondary N) is 2. The van der Waals surface area contributed by atoms with Crippen molar-refractivity contribution in [2.45, 2.75) is 20.3 Å². The summed E-state index contributed by atoms with van der Waals surface area (Å²) in [5.74, 6) is 0.616. The standard InChI is InChI=1S/C17H21N5O/c1-12-9-13(2)22(21-12)16-4-3-15(11-19-16)17(23)20-10-14-5-7-18-8-6-14/h3-5,9,11,18H,6-8,10H2,1-2H3,(H,20,23). The van der Waals surface area contributed by atoms with E-state index >= 15 is 0 Å². The van der Waals surface area contributed by atoms with Gasteiger partial charge in [-0.15, -0.1) is 0 Å². The summed E-state index contributed by atoms with van der Waals surface area (Å²) >= 11 is 0. The van der Waals surface area contributed by atoms with Gasteiger partial charge >= 0.3 is 0 Å². The largest absolute Gasteiger partial charge is 0.348 e. The molecule has 120 valence electrons. The quantitative estimate of drug-likeness (QED) is 0.840. The van der Waals surface area contributed by atoms with Crippen LogP contribution in [0.4, 0.5) is 0 Å². The molecule has 3 heterocycles. The maximum atomic E-state index is 12.2. The number of hydrogen-bond donors (Lipinski definition) is 2. The summed E-state index contributed by atoms with van der Waals surface area (Å²) < 4.78 is 1.77. The zero-order chi connectivity index (χ0) is 16.2. The van der Waals surface area contributed by atoms with Crippen molar-refractivity contribution >= 4 is 5.91 Å². The monoisotopic (exact) mass is 311 g/mol. The van der Waals surface area contributed by atoms with Crippen molar-refractivity contribution in [2.24, 2.45) is 0 Å². The highest BCUT2D eigenvalue weighted by Gasteiger charge is 2.10. The molecule has 2 N–H and O–H groups in total. The Kier molecular flexibility index (Phi) is 4.52. The average Bonchev–Trinajstić information content (AvgIpc) is 2.92. The fourth-order valence-corrected chi connectivity index (χ4v) is 2.63. The Balaban J connectivity index is 1.65. The molecule has 1 amide bonds. The predicted octanol–water partition coefficient (Wildman–Crippen LogP) is 1.53. The summed E-state index contributed by atoms with van der Waals surface area (Å²) in [6.45, 7) is 6.38. The number of aryl methyl sites for hydroxylation is 2. The van der Waals surface area contributed by atoms with E-state index in [1.54, 1.807) is 16.9 Å². The van der Waals surface area contributed by atoms with Gasteiger partial charge in [-0.3, -0.25) is 4.79 Å². The lowest BCUT2D eigenvalue weighted by Crippen LogP contribution is -2.29. The van der Waals surface area contributed by atoms with Crippen molar-refractivity contribution in [1.82, 2.24) is 25.4 Å². The van der Waals surface area contributed by atoms with Crippen LogP contribution in [0.1, 0.15) is 28.2 Å². The highest BCUT2D eigenvalue weighted by atomic mass is 16.1. The first-order valence-corrected chi connectivity index (χ1v) is 7.80. The second-order valence-corrected chi connectivity index (χ2v) is 5.74. The van der Waals surface area contributed by atoms with Crippen LogP contribution in [0.2, 0.25) is 0 Å². The molecular formula is C17H21N5O. The minimum Gasteiger partial charge on any atom is -0.348 e. The maximum absolute atomic E-state index is 12.2. The number of amides is 1. The highest BCUT2D eigenvalue weighted by molar-refractivity contribution is 5.94. The van der Waals surface area contributed by atoms with Crippen LogP contribution >= 0.6 is 0 Å². The highest BCUT2D eigenvalue weighted by Crippen LogP contribution is 2.10. The van der Waals surface area contributed by atoms with Crippen molar-refractivity contribution in [3.63, 3.8) is 0 Å². The molecule has 1 aliphatic rings. The molecule has 23 heavy (non-hydrogen) atoms. The second-order valence-electron chi connectivity index (χ2n) is 5.74. The third-order valence-corrected chi connectivity index (χ3v) is 3.87. The fraction of sp³-hybridized carbons (Fsp3) is 0.353. The van der Waals surface area contributed by atoms with Gasteiger partial charge in [0.15, 0.2) is 5.82 Å². The van der Waals surface area contributed by atoms with E-state index in [0.29, 0.717) is 17.9 Å². The summed E-state index contributed by atoms with van der Waals surface area (Å²) in [5.41, 5.74) is 3.79. The Morgan fingerprint density at radius 1 is 1.39 bits per heavy atom. The molecule has 2 aromatic rings. The van der Waals surface area contributed by atoms with Gasteiger partial charge in [-0.2, -0.15) is 5.10 Å². The summed E-state index contributed by atoms with van der Waals surface area (Å²) in [5, 5.41) is 10.6. The molecule has 0 saturated heterocycles. The average molecular weight is 311 g/mol. The third-order valence-electron chi connectivity index (χ3n) is 3.87. The van der Waals surface area contributed by atoms with Crippen LogP contribution in [0.15, 0.2) is 36.0 Å². The van der Waals surface area contributed by atoms with E-state index in [1.807, 2.05) is 26.0 Å². The molecule has 2 aromatic heterocycles. The lowest BCUT2D eigenvalue weighted by Gasteiger charge is -2.14. The molecule has 6 heteroatoms. The number of nitrogens with zero attached hydrogens (tertiary/aromatic N) is 3. The normalized spacial score (nSPS) is 14.4. The third kappa shape index (κ3) is 3.65. The van der Waals surface area contributed by atoms with Crippen LogP contribution in [0.25, 0.3) is 5.82 Å². The molecule has 0 aliphatic carbocycles. The maximum Gasteiger partial charge on any atom is 0.253 e. The minimum absolute atomic E-state index is 0.100. The molecule has 0 atom stereocenters. The molecule has 0 radical (unpaired) electrons. The molecule has 0 saturated carbocycles. The summed E-state index contributed by atoms with van der Waals surface area (Å²) in [7, 11) is 0. The molecule has 0 unspecified atom stereocenters. The Labute approximate surface area is 135 Å². The SMILES string of the molecule is Cc1cc(C)n(-c2ccc(C(=O)NCC3=CCNCC3)cn2)n1. The first kappa shape index (κ1) is 15.4. The Bertz CT molecular complexity index is 730. The van der Waals surface area contributed by atoms with E-state index in [9.17, 15) is 4.79 Å². The van der Waals surface area contributed by atoms with Gasteiger partial charge in [0, 0.05) is 25.0 Å². The lowest BCUT2D eigenvalue weighted by molar-refractivity contribution is 0.0956. The fourth-order valence-electron chi connectivity index (χ4n) is 2.63. The van der Waals surface area contributed by atoms with Crippen molar-refractivity contribution in [3.8, 4) is 5.82 Å². The number of pyridine rings is 1. The summed E-state index contributed by atoms with van der Waals surface area (Å²) in [4.78, 5) is 16.5. The van der Waals surface area contributed by atoms with Gasteiger partial charge in [0.2, 0.25) is 0 Å². The lowest BCUT2D eigenvalue weighted by atomic mass is 10.1. The molecule has 1 aliphatic heterocycles. The molecular weight excluding hydrogens is 290 g/mol. The number of carbonyl (C=O) groups excluding carboxylic acids is 1. The van der Waals surface area contributed by atoms with Crippen LogP contribution in [0.3, 0.4) is 0 Å². The molecule has 0 aromatic carbocycles. The van der Waals surface area contributed by atoms with Gasteiger partial charge in [-0.05, 0) is 45.0 Å². The number of carbonyl (C=O) groups is 1. The van der Waals surface area contributed by atoms with Gasteiger partial charge in [0.25, 0.3) is 5.91 Å². The molecule has 0 bridgehead atoms. The summed E-state index contributed by atoms with van der Waals surface area (Å²) in [6, 6.07) is 5.60. The number of hydrogen-bond acceptors (Lipinski definition) is 4. The number of rotatable bonds is 4. The molecule has 3 rings (SSSR count). The Hall–Kier alpha value is -2.47. The minimum atomic E-state index is -0.100. The van der Waals surface area contributed by atoms with Gasteiger partial charge < -0.3 is 10.6 Å². The predicted molar refractivity (Wildman–Crippen MR) is 88.7 cm³/mol. The van der Waals surface area contributed by atoms with Gasteiger partial charge in [0.05, 0.1) is 11.3 Å². The topological polar surface area (TPSA) is 71.8 Å². The van der Waals surface area contributed by atoms with Crippen molar-refractivity contribution in [3.05, 3.63) is 53.0 Å². The van der Waals surface area contributed by atoms with Gasteiger partial charge in [-0.25, -0.2) is 9.67 Å². The Morgan fingerprint density at radius 3 is 2.87 bits per heavy atom. The van der Waals surface area contributed by atoms with Crippen LogP contribution in [-0.2, 0) is 0 Å². The first-order chi connectivity index (χ1) is 11.1. The van der Waals surface area contributed by atoms with Gasteiger partial charge in [-0.1, -0.05) is 11.6 Å². The molecule has 0 fully saturated rings. The summed E-state index contributed by atoms with van der Waals surface area (Å²) in [6.07, 6.45) is 4.71. The second kappa shape index (κ2) is 6.75. The van der Waals surface area contributed by atoms with E-state index in [0.717, 1.165) is 30.9 Å². The van der Waals surface area contributed by atoms with Crippen LogP contribution in [-0.4, -0.2) is 40.3 Å². The van der Waals surface area contributed by atoms with Gasteiger partial charge in [0.1, 0.15) is 0 Å². The number of aromatic nitrogens is 3. The molecule has 6 nitrogen and oxygen atoms in total. The Morgan fingerprint density at radius 2 is 2.26 bits per heavy atom. The smallest absolute Gasteiger partial charge is 0.253 e. The van der Waals surface area contributed by atoms with Crippen LogP contribution < -0.4 is 10.6 Å². The zero-order valence-corrected chi connectivity index (χ0v) is 13.5. The van der Waals surface area contributed by atoms with E-state index in [2.05, 4.69) is 26.8 Å².